The largest absolute Gasteiger partial charge is 0.508 e. The standard InChI is InChI=1S/C14H22O.C13H20O.C12H18O3.C11H16O.C10H14.C9H11NO3/c1-10(2)12-8-7-11(3)9-13(12)15-14(4,5)6;1-10(2)11-8-6-7-9-12(11)14-13(3,4)5;1-8(2)9-6-10(13-3)12(15-5)11(7-9)14-4;1-8(2)11-6-5-10(12-4)7-9(11)3;1-8(2)10-6-4-9(3)5-7-10;1-6(2)8-5-7(10(12)13)3-4-9(8)11/h7-10H,1-6H3;6-10H,1-5H3;6-8H,1-5H3;5-8H,1-4H3;4-8H,1-3H3;3-6,11H,1-2H3. The van der Waals surface area contributed by atoms with Gasteiger partial charge in [0.25, 0.3) is 5.69 Å². The van der Waals surface area contributed by atoms with Crippen LogP contribution in [0, 0.1) is 30.9 Å². The van der Waals surface area contributed by atoms with Crippen molar-refractivity contribution in [3.05, 3.63) is 175 Å². The van der Waals surface area contributed by atoms with Crippen LogP contribution >= 0.6 is 0 Å². The third-order valence-electron chi connectivity index (χ3n) is 12.2. The number of non-ortho nitro benzene ring substituents is 1. The molecule has 0 aliphatic carbocycles. The normalized spacial score (nSPS) is 10.9. The molecule has 0 saturated heterocycles. The molecule has 10 nitrogen and oxygen atoms in total. The van der Waals surface area contributed by atoms with Crippen molar-refractivity contribution in [2.24, 2.45) is 0 Å². The van der Waals surface area contributed by atoms with Gasteiger partial charge in [0, 0.05) is 17.7 Å². The number of rotatable bonds is 13. The molecule has 6 aromatic carbocycles. The van der Waals surface area contributed by atoms with Gasteiger partial charge in [0.1, 0.15) is 34.2 Å². The molecule has 10 heteroatoms. The van der Waals surface area contributed by atoms with E-state index in [4.69, 9.17) is 28.4 Å². The summed E-state index contributed by atoms with van der Waals surface area (Å²) in [7, 11) is 6.56. The molecule has 0 bridgehead atoms. The van der Waals surface area contributed by atoms with Crippen molar-refractivity contribution in [3.63, 3.8) is 0 Å². The number of aryl methyl sites for hydroxylation is 3. The Kier molecular flexibility index (Phi) is 30.0. The van der Waals surface area contributed by atoms with Gasteiger partial charge in [-0.15, -0.1) is 0 Å². The van der Waals surface area contributed by atoms with Crippen molar-refractivity contribution in [1.29, 1.82) is 0 Å². The van der Waals surface area contributed by atoms with Gasteiger partial charge in [-0.25, -0.2) is 0 Å². The minimum atomic E-state index is -0.467. The number of benzene rings is 6. The number of phenolic OH excluding ortho intramolecular Hbond substituents is 1. The molecule has 6 rings (SSSR count). The summed E-state index contributed by atoms with van der Waals surface area (Å²) in [5.41, 5.74) is 10.8. The van der Waals surface area contributed by atoms with Crippen LogP contribution in [0.3, 0.4) is 0 Å². The minimum absolute atomic E-state index is 0.0153. The molecule has 0 heterocycles. The summed E-state index contributed by atoms with van der Waals surface area (Å²) in [5.74, 6) is 7.92. The fourth-order valence-corrected chi connectivity index (χ4v) is 7.84. The molecule has 0 saturated carbocycles. The second kappa shape index (κ2) is 33.7. The first-order chi connectivity index (χ1) is 36.7. The molecule has 79 heavy (non-hydrogen) atoms. The van der Waals surface area contributed by atoms with E-state index in [1.807, 2.05) is 44.2 Å². The zero-order valence-electron chi connectivity index (χ0n) is 53.1. The third-order valence-corrected chi connectivity index (χ3v) is 12.2. The fourth-order valence-electron chi connectivity index (χ4n) is 7.84. The number of hydrogen-bond donors (Lipinski definition) is 1. The monoisotopic (exact) mass is 1090 g/mol. The SMILES string of the molecule is CC(C)c1cc([N+](=O)[O-])ccc1O.CC(C)c1ccccc1OC(C)(C)C.COc1cc(C(C)C)cc(OC)c1OC.COc1ccc(C(C)C)c(C)c1.Cc1ccc(C(C)C)c(OC(C)(C)C)c1.Cc1ccc(C(C)C)cc1. The van der Waals surface area contributed by atoms with E-state index in [9.17, 15) is 15.2 Å². The average molecular weight is 1090 g/mol. The molecule has 1 N–H and O–H groups in total. The Labute approximate surface area is 478 Å². The maximum absolute atomic E-state index is 10.4. The van der Waals surface area contributed by atoms with Crippen molar-refractivity contribution < 1.29 is 38.5 Å². The highest BCUT2D eigenvalue weighted by Gasteiger charge is 2.18. The van der Waals surface area contributed by atoms with Crippen LogP contribution in [0.4, 0.5) is 5.69 Å². The van der Waals surface area contributed by atoms with E-state index in [1.165, 1.54) is 62.7 Å². The first kappa shape index (κ1) is 70.3. The van der Waals surface area contributed by atoms with Gasteiger partial charge in [0.2, 0.25) is 5.75 Å². The van der Waals surface area contributed by atoms with Gasteiger partial charge in [-0.2, -0.15) is 0 Å². The van der Waals surface area contributed by atoms with Gasteiger partial charge < -0.3 is 33.5 Å². The summed E-state index contributed by atoms with van der Waals surface area (Å²) in [4.78, 5) is 9.94. The van der Waals surface area contributed by atoms with E-state index < -0.39 is 4.92 Å². The van der Waals surface area contributed by atoms with E-state index in [0.717, 1.165) is 17.2 Å². The Morgan fingerprint density at radius 3 is 1.30 bits per heavy atom. The average Bonchev–Trinajstić information content (AvgIpc) is 3.36. The quantitative estimate of drug-likeness (QED) is 0.0891. The van der Waals surface area contributed by atoms with Gasteiger partial charge >= 0.3 is 0 Å². The molecule has 0 unspecified atom stereocenters. The molecule has 0 aliphatic heterocycles. The first-order valence-electron chi connectivity index (χ1n) is 27.8. The highest BCUT2D eigenvalue weighted by atomic mass is 16.6. The summed E-state index contributed by atoms with van der Waals surface area (Å²) in [6, 6.07) is 37.6. The van der Waals surface area contributed by atoms with E-state index in [2.05, 4.69) is 198 Å². The zero-order valence-corrected chi connectivity index (χ0v) is 53.1. The van der Waals surface area contributed by atoms with E-state index in [0.29, 0.717) is 52.4 Å². The molecule has 6 aromatic rings. The number of nitro groups is 1. The second-order valence-corrected chi connectivity index (χ2v) is 23.5. The highest BCUT2D eigenvalue weighted by Crippen LogP contribution is 2.40. The lowest BCUT2D eigenvalue weighted by atomic mass is 9.98. The van der Waals surface area contributed by atoms with Gasteiger partial charge in [0.05, 0.1) is 33.4 Å². The predicted molar refractivity (Wildman–Crippen MR) is 333 cm³/mol. The highest BCUT2D eigenvalue weighted by molar-refractivity contribution is 5.54. The van der Waals surface area contributed by atoms with Crippen LogP contribution in [0.2, 0.25) is 0 Å². The van der Waals surface area contributed by atoms with Crippen LogP contribution in [0.15, 0.2) is 115 Å². The molecule has 0 radical (unpaired) electrons. The first-order valence-corrected chi connectivity index (χ1v) is 27.8. The van der Waals surface area contributed by atoms with Gasteiger partial charge in [0.15, 0.2) is 11.5 Å². The van der Waals surface area contributed by atoms with Gasteiger partial charge in [-0.1, -0.05) is 149 Å². The Morgan fingerprint density at radius 2 is 0.886 bits per heavy atom. The summed E-state index contributed by atoms with van der Waals surface area (Å²) in [5, 5.41) is 19.8. The van der Waals surface area contributed by atoms with Crippen LogP contribution in [0.1, 0.15) is 210 Å². The summed E-state index contributed by atoms with van der Waals surface area (Å²) in [6.07, 6.45) is 0. The topological polar surface area (TPSA) is 119 Å². The molecule has 0 fully saturated rings. The number of ether oxygens (including phenoxy) is 6. The zero-order chi connectivity index (χ0) is 60.5. The lowest BCUT2D eigenvalue weighted by Crippen LogP contribution is -2.23. The van der Waals surface area contributed by atoms with E-state index in [-0.39, 0.29) is 28.6 Å². The van der Waals surface area contributed by atoms with E-state index in [1.54, 1.807) is 28.4 Å². The lowest BCUT2D eigenvalue weighted by molar-refractivity contribution is -0.385. The maximum atomic E-state index is 10.4. The fraction of sp³-hybridized carbons (Fsp3) is 0.478. The number of methoxy groups -OCH3 is 4. The van der Waals surface area contributed by atoms with Crippen molar-refractivity contribution in [2.75, 3.05) is 28.4 Å². The summed E-state index contributed by atoms with van der Waals surface area (Å²) >= 11 is 0. The number of para-hydroxylation sites is 1. The minimum Gasteiger partial charge on any atom is -0.508 e. The Hall–Kier alpha value is -6.68. The molecule has 0 amide bonds. The van der Waals surface area contributed by atoms with Gasteiger partial charge in [-0.05, 0) is 179 Å². The van der Waals surface area contributed by atoms with Crippen LogP contribution < -0.4 is 28.4 Å². The Morgan fingerprint density at radius 1 is 0.430 bits per heavy atom. The summed E-state index contributed by atoms with van der Waals surface area (Å²) in [6.45, 7) is 44.4. The number of aromatic hydroxyl groups is 1. The predicted octanol–water partition coefficient (Wildman–Crippen LogP) is 19.8. The smallest absolute Gasteiger partial charge is 0.269 e. The van der Waals surface area contributed by atoms with Crippen LogP contribution in [-0.4, -0.2) is 49.7 Å². The molecule has 0 aliphatic rings. The van der Waals surface area contributed by atoms with Crippen LogP contribution in [0.5, 0.6) is 40.2 Å². The summed E-state index contributed by atoms with van der Waals surface area (Å²) < 4.78 is 32.8. The lowest BCUT2D eigenvalue weighted by Gasteiger charge is -2.24. The van der Waals surface area contributed by atoms with Crippen LogP contribution in [0.25, 0.3) is 0 Å². The molecular formula is C69H101NO9. The molecular weight excluding hydrogens is 987 g/mol. The third kappa shape index (κ3) is 25.8. The van der Waals surface area contributed by atoms with Crippen molar-refractivity contribution in [3.8, 4) is 40.2 Å². The number of hydrogen-bond acceptors (Lipinski definition) is 9. The van der Waals surface area contributed by atoms with Crippen molar-refractivity contribution in [2.45, 2.75) is 192 Å². The molecule has 0 atom stereocenters. The van der Waals surface area contributed by atoms with Crippen molar-refractivity contribution >= 4 is 5.69 Å². The number of phenols is 1. The van der Waals surface area contributed by atoms with Crippen LogP contribution in [-0.2, 0) is 0 Å². The molecule has 0 aromatic heterocycles. The number of nitrogens with zero attached hydrogens (tertiary/aromatic N) is 1. The van der Waals surface area contributed by atoms with E-state index >= 15 is 0 Å². The molecule has 0 spiro atoms. The molecule has 436 valence electrons. The van der Waals surface area contributed by atoms with Crippen molar-refractivity contribution in [1.82, 2.24) is 0 Å². The Bertz CT molecular complexity index is 2700. The second-order valence-electron chi connectivity index (χ2n) is 23.5. The Balaban J connectivity index is 0.000000476. The number of nitro benzene ring substituents is 1. The van der Waals surface area contributed by atoms with Gasteiger partial charge in [-0.3, -0.25) is 10.1 Å². The maximum Gasteiger partial charge on any atom is 0.269 e.